The molecule has 2 aliphatic rings. The van der Waals surface area contributed by atoms with Crippen molar-refractivity contribution in [3.8, 4) is 0 Å². The van der Waals surface area contributed by atoms with E-state index in [2.05, 4.69) is 46.3 Å². The standard InChI is InChI=1S/C23H32N4O2/c1-16-5-4-6-19(11-16)15-26-9-7-20(8-10-26)22-21(12-24-25-22)23(28)27-13-17(2)29-18(3)14-27/h4-6,11-12,17-18,20H,7-10,13-15H2,1-3H3,(H,24,25)/t17-,18+. The average Bonchev–Trinajstić information content (AvgIpc) is 3.17. The number of rotatable bonds is 4. The fraction of sp³-hybridized carbons (Fsp3) is 0.565. The number of nitrogens with one attached hydrogen (secondary N) is 1. The summed E-state index contributed by atoms with van der Waals surface area (Å²) >= 11 is 0. The second-order valence-corrected chi connectivity index (χ2v) is 8.70. The number of hydrogen-bond donors (Lipinski definition) is 1. The third-order valence-corrected chi connectivity index (χ3v) is 6.09. The lowest BCUT2D eigenvalue weighted by Gasteiger charge is -2.36. The number of aromatic nitrogens is 2. The molecule has 1 N–H and O–H groups in total. The Hall–Kier alpha value is -2.18. The third-order valence-electron chi connectivity index (χ3n) is 6.09. The molecule has 0 saturated carbocycles. The minimum Gasteiger partial charge on any atom is -0.372 e. The highest BCUT2D eigenvalue weighted by atomic mass is 16.5. The van der Waals surface area contributed by atoms with Crippen molar-refractivity contribution in [1.29, 1.82) is 0 Å². The number of morpholine rings is 1. The molecule has 0 bridgehead atoms. The van der Waals surface area contributed by atoms with Crippen LogP contribution in [0.5, 0.6) is 0 Å². The first-order chi connectivity index (χ1) is 14.0. The van der Waals surface area contributed by atoms with E-state index in [1.807, 2.05) is 18.7 Å². The number of piperidine rings is 1. The first kappa shape index (κ1) is 20.1. The van der Waals surface area contributed by atoms with E-state index in [9.17, 15) is 4.79 Å². The lowest BCUT2D eigenvalue weighted by atomic mass is 9.90. The molecule has 0 spiro atoms. The van der Waals surface area contributed by atoms with Crippen LogP contribution < -0.4 is 0 Å². The molecule has 0 aliphatic carbocycles. The minimum absolute atomic E-state index is 0.0721. The number of nitrogens with zero attached hydrogens (tertiary/aromatic N) is 3. The Morgan fingerprint density at radius 3 is 2.62 bits per heavy atom. The maximum atomic E-state index is 13.2. The molecule has 1 aromatic heterocycles. The molecule has 2 fully saturated rings. The van der Waals surface area contributed by atoms with Gasteiger partial charge in [-0.05, 0) is 52.3 Å². The van der Waals surface area contributed by atoms with E-state index in [0.717, 1.165) is 43.7 Å². The van der Waals surface area contributed by atoms with Crippen molar-refractivity contribution >= 4 is 5.91 Å². The minimum atomic E-state index is 0.0721. The van der Waals surface area contributed by atoms with Crippen molar-refractivity contribution in [3.05, 3.63) is 52.8 Å². The van der Waals surface area contributed by atoms with Crippen LogP contribution in [0.4, 0.5) is 0 Å². The first-order valence-electron chi connectivity index (χ1n) is 10.8. The molecule has 1 amide bonds. The van der Waals surface area contributed by atoms with Crippen LogP contribution in [0.15, 0.2) is 30.5 Å². The maximum absolute atomic E-state index is 13.2. The summed E-state index contributed by atoms with van der Waals surface area (Å²) in [5, 5.41) is 7.37. The second kappa shape index (κ2) is 8.67. The number of carbonyl (C=O) groups is 1. The number of H-pyrrole nitrogens is 1. The second-order valence-electron chi connectivity index (χ2n) is 8.70. The zero-order valence-corrected chi connectivity index (χ0v) is 17.7. The summed E-state index contributed by atoms with van der Waals surface area (Å²) in [5.74, 6) is 0.444. The number of aryl methyl sites for hydroxylation is 1. The summed E-state index contributed by atoms with van der Waals surface area (Å²) in [6, 6.07) is 8.74. The molecule has 6 nitrogen and oxygen atoms in total. The molecule has 0 unspecified atom stereocenters. The molecule has 6 heteroatoms. The normalized spacial score (nSPS) is 24.0. The van der Waals surface area contributed by atoms with Gasteiger partial charge < -0.3 is 9.64 Å². The van der Waals surface area contributed by atoms with E-state index < -0.39 is 0 Å². The summed E-state index contributed by atoms with van der Waals surface area (Å²) in [4.78, 5) is 17.6. The molecule has 2 aliphatic heterocycles. The van der Waals surface area contributed by atoms with Crippen molar-refractivity contribution < 1.29 is 9.53 Å². The van der Waals surface area contributed by atoms with Gasteiger partial charge >= 0.3 is 0 Å². The van der Waals surface area contributed by atoms with Crippen LogP contribution in [0.25, 0.3) is 0 Å². The third kappa shape index (κ3) is 4.70. The number of amides is 1. The molecule has 2 saturated heterocycles. The van der Waals surface area contributed by atoms with Crippen LogP contribution in [-0.4, -0.2) is 64.3 Å². The molecule has 29 heavy (non-hydrogen) atoms. The number of carbonyl (C=O) groups excluding carboxylic acids is 1. The van der Waals surface area contributed by atoms with E-state index in [0.29, 0.717) is 19.0 Å². The van der Waals surface area contributed by atoms with Gasteiger partial charge in [0.15, 0.2) is 0 Å². The summed E-state index contributed by atoms with van der Waals surface area (Å²) in [6.07, 6.45) is 3.95. The lowest BCUT2D eigenvalue weighted by molar-refractivity contribution is -0.0586. The van der Waals surface area contributed by atoms with Crippen LogP contribution in [0.1, 0.15) is 59.8 Å². The van der Waals surface area contributed by atoms with Crippen molar-refractivity contribution in [2.45, 2.75) is 58.3 Å². The highest BCUT2D eigenvalue weighted by Crippen LogP contribution is 2.30. The van der Waals surface area contributed by atoms with Gasteiger partial charge in [-0.25, -0.2) is 0 Å². The summed E-state index contributed by atoms with van der Waals surface area (Å²) in [6.45, 7) is 10.5. The summed E-state index contributed by atoms with van der Waals surface area (Å²) in [5.41, 5.74) is 4.43. The zero-order chi connectivity index (χ0) is 20.4. The van der Waals surface area contributed by atoms with Gasteiger partial charge in [-0.15, -0.1) is 0 Å². The van der Waals surface area contributed by atoms with Crippen molar-refractivity contribution in [1.82, 2.24) is 20.0 Å². The van der Waals surface area contributed by atoms with E-state index in [1.54, 1.807) is 6.20 Å². The van der Waals surface area contributed by atoms with Gasteiger partial charge in [0.2, 0.25) is 0 Å². The van der Waals surface area contributed by atoms with Crippen LogP contribution in [-0.2, 0) is 11.3 Å². The van der Waals surface area contributed by atoms with Gasteiger partial charge in [0.05, 0.1) is 29.7 Å². The van der Waals surface area contributed by atoms with Gasteiger partial charge in [-0.2, -0.15) is 5.10 Å². The van der Waals surface area contributed by atoms with Gasteiger partial charge in [-0.3, -0.25) is 14.8 Å². The van der Waals surface area contributed by atoms with Crippen molar-refractivity contribution in [2.75, 3.05) is 26.2 Å². The number of hydrogen-bond acceptors (Lipinski definition) is 4. The molecular weight excluding hydrogens is 364 g/mol. The number of benzene rings is 1. The first-order valence-corrected chi connectivity index (χ1v) is 10.8. The van der Waals surface area contributed by atoms with Crippen molar-refractivity contribution in [3.63, 3.8) is 0 Å². The van der Waals surface area contributed by atoms with Gasteiger partial charge in [0.25, 0.3) is 5.91 Å². The molecule has 0 radical (unpaired) electrons. The Morgan fingerprint density at radius 2 is 1.93 bits per heavy atom. The Morgan fingerprint density at radius 1 is 1.21 bits per heavy atom. The maximum Gasteiger partial charge on any atom is 0.257 e. The SMILES string of the molecule is Cc1cccc(CN2CCC(c3[nH]ncc3C(=O)N3C[C@@H](C)O[C@@H](C)C3)CC2)c1. The number of ether oxygens (including phenoxy) is 1. The van der Waals surface area contributed by atoms with E-state index >= 15 is 0 Å². The number of aromatic amines is 1. The average molecular weight is 397 g/mol. The molecule has 156 valence electrons. The van der Waals surface area contributed by atoms with E-state index in [1.165, 1.54) is 11.1 Å². The molecular formula is C23H32N4O2. The van der Waals surface area contributed by atoms with E-state index in [-0.39, 0.29) is 18.1 Å². The van der Waals surface area contributed by atoms with Crippen LogP contribution >= 0.6 is 0 Å². The van der Waals surface area contributed by atoms with Crippen molar-refractivity contribution in [2.24, 2.45) is 0 Å². The quantitative estimate of drug-likeness (QED) is 0.861. The monoisotopic (exact) mass is 396 g/mol. The molecule has 3 heterocycles. The highest BCUT2D eigenvalue weighted by molar-refractivity contribution is 5.95. The largest absolute Gasteiger partial charge is 0.372 e. The fourth-order valence-corrected chi connectivity index (χ4v) is 4.74. The fourth-order valence-electron chi connectivity index (χ4n) is 4.74. The predicted octanol–water partition coefficient (Wildman–Crippen LogP) is 3.35. The topological polar surface area (TPSA) is 61.5 Å². The summed E-state index contributed by atoms with van der Waals surface area (Å²) in [7, 11) is 0. The van der Waals surface area contributed by atoms with Gasteiger partial charge in [0, 0.05) is 25.6 Å². The van der Waals surface area contributed by atoms with Crippen LogP contribution in [0.3, 0.4) is 0 Å². The molecule has 2 atom stereocenters. The van der Waals surface area contributed by atoms with Crippen LogP contribution in [0.2, 0.25) is 0 Å². The Kier molecular flexibility index (Phi) is 6.01. The molecule has 2 aromatic rings. The molecule has 4 rings (SSSR count). The highest BCUT2D eigenvalue weighted by Gasteiger charge is 2.31. The Balaban J connectivity index is 1.38. The Bertz CT molecular complexity index is 831. The van der Waals surface area contributed by atoms with Gasteiger partial charge in [0.1, 0.15) is 0 Å². The smallest absolute Gasteiger partial charge is 0.257 e. The van der Waals surface area contributed by atoms with Crippen LogP contribution in [0, 0.1) is 6.92 Å². The van der Waals surface area contributed by atoms with Gasteiger partial charge in [-0.1, -0.05) is 29.8 Å². The van der Waals surface area contributed by atoms with E-state index in [4.69, 9.17) is 4.74 Å². The lowest BCUT2D eigenvalue weighted by Crippen LogP contribution is -2.48. The Labute approximate surface area is 173 Å². The molecule has 1 aromatic carbocycles. The zero-order valence-electron chi connectivity index (χ0n) is 17.7. The predicted molar refractivity (Wildman–Crippen MR) is 113 cm³/mol. The summed E-state index contributed by atoms with van der Waals surface area (Å²) < 4.78 is 5.78. The number of likely N-dealkylation sites (tertiary alicyclic amines) is 1.